The standard InChI is InChI=1S/C14H21NOS/c1-10(7-16)11(2)15-14-9-17-8-12-5-3-4-6-13(12)14/h3-6,10-11,14-16H,7-9H2,1-2H3. The van der Waals surface area contributed by atoms with E-state index in [2.05, 4.69) is 43.4 Å². The Labute approximate surface area is 108 Å². The predicted molar refractivity (Wildman–Crippen MR) is 74.2 cm³/mol. The number of aliphatic hydroxyl groups is 1. The number of hydrogen-bond acceptors (Lipinski definition) is 3. The van der Waals surface area contributed by atoms with E-state index in [0.29, 0.717) is 18.0 Å². The first-order valence-electron chi connectivity index (χ1n) is 6.25. The van der Waals surface area contributed by atoms with Gasteiger partial charge in [-0.2, -0.15) is 11.8 Å². The van der Waals surface area contributed by atoms with Crippen LogP contribution in [0.4, 0.5) is 0 Å². The maximum atomic E-state index is 9.18. The average Bonchev–Trinajstić information content (AvgIpc) is 2.38. The summed E-state index contributed by atoms with van der Waals surface area (Å²) in [5.41, 5.74) is 2.88. The van der Waals surface area contributed by atoms with Crippen molar-refractivity contribution >= 4 is 11.8 Å². The van der Waals surface area contributed by atoms with Gasteiger partial charge in [-0.3, -0.25) is 0 Å². The van der Waals surface area contributed by atoms with Gasteiger partial charge in [0.2, 0.25) is 0 Å². The molecule has 0 bridgehead atoms. The van der Waals surface area contributed by atoms with Crippen molar-refractivity contribution in [1.82, 2.24) is 5.32 Å². The van der Waals surface area contributed by atoms with Crippen LogP contribution in [0.1, 0.15) is 31.0 Å². The molecule has 2 nitrogen and oxygen atoms in total. The van der Waals surface area contributed by atoms with E-state index in [4.69, 9.17) is 0 Å². The van der Waals surface area contributed by atoms with Gasteiger partial charge in [0.25, 0.3) is 0 Å². The van der Waals surface area contributed by atoms with Crippen LogP contribution in [0.25, 0.3) is 0 Å². The Morgan fingerprint density at radius 1 is 1.41 bits per heavy atom. The molecule has 17 heavy (non-hydrogen) atoms. The lowest BCUT2D eigenvalue weighted by molar-refractivity contribution is 0.202. The lowest BCUT2D eigenvalue weighted by atomic mass is 9.98. The largest absolute Gasteiger partial charge is 0.396 e. The lowest BCUT2D eigenvalue weighted by Gasteiger charge is -2.30. The van der Waals surface area contributed by atoms with Crippen LogP contribution in [0.5, 0.6) is 0 Å². The van der Waals surface area contributed by atoms with Crippen LogP contribution in [-0.4, -0.2) is 23.5 Å². The summed E-state index contributed by atoms with van der Waals surface area (Å²) in [6, 6.07) is 9.44. The van der Waals surface area contributed by atoms with E-state index in [1.165, 1.54) is 11.1 Å². The van der Waals surface area contributed by atoms with E-state index in [-0.39, 0.29) is 6.61 Å². The minimum absolute atomic E-state index is 0.246. The smallest absolute Gasteiger partial charge is 0.0471 e. The highest BCUT2D eigenvalue weighted by Gasteiger charge is 2.22. The second-order valence-corrected chi connectivity index (χ2v) is 5.91. The van der Waals surface area contributed by atoms with Crippen LogP contribution in [-0.2, 0) is 5.75 Å². The van der Waals surface area contributed by atoms with Gasteiger partial charge in [-0.15, -0.1) is 0 Å². The number of rotatable bonds is 4. The zero-order chi connectivity index (χ0) is 12.3. The number of hydrogen-bond donors (Lipinski definition) is 2. The summed E-state index contributed by atoms with van der Waals surface area (Å²) in [5.74, 6) is 2.55. The molecule has 0 aliphatic carbocycles. The third-order valence-corrected chi connectivity index (χ3v) is 4.66. The van der Waals surface area contributed by atoms with Gasteiger partial charge in [0.1, 0.15) is 0 Å². The van der Waals surface area contributed by atoms with Crippen molar-refractivity contribution in [3.63, 3.8) is 0 Å². The van der Waals surface area contributed by atoms with E-state index in [1.807, 2.05) is 11.8 Å². The SMILES string of the molecule is CC(CO)C(C)NC1CSCc2ccccc21. The van der Waals surface area contributed by atoms with Crippen LogP contribution < -0.4 is 5.32 Å². The fourth-order valence-corrected chi connectivity index (χ4v) is 3.27. The molecule has 1 heterocycles. The monoisotopic (exact) mass is 251 g/mol. The van der Waals surface area contributed by atoms with E-state index in [9.17, 15) is 5.11 Å². The Hall–Kier alpha value is -0.510. The summed E-state index contributed by atoms with van der Waals surface area (Å²) in [6.07, 6.45) is 0. The summed E-state index contributed by atoms with van der Waals surface area (Å²) in [5, 5.41) is 12.8. The maximum absolute atomic E-state index is 9.18. The minimum Gasteiger partial charge on any atom is -0.396 e. The lowest BCUT2D eigenvalue weighted by Crippen LogP contribution is -2.38. The van der Waals surface area contributed by atoms with Crippen molar-refractivity contribution in [2.24, 2.45) is 5.92 Å². The van der Waals surface area contributed by atoms with Gasteiger partial charge in [-0.05, 0) is 24.0 Å². The second-order valence-electron chi connectivity index (χ2n) is 4.88. The molecule has 94 valence electrons. The number of benzene rings is 1. The molecule has 1 aliphatic heterocycles. The molecule has 2 N–H and O–H groups in total. The van der Waals surface area contributed by atoms with Crippen molar-refractivity contribution in [3.8, 4) is 0 Å². The van der Waals surface area contributed by atoms with Crippen molar-refractivity contribution in [2.45, 2.75) is 31.7 Å². The molecule has 0 saturated carbocycles. The summed E-state index contributed by atoms with van der Waals surface area (Å²) in [7, 11) is 0. The van der Waals surface area contributed by atoms with Gasteiger partial charge in [-0.25, -0.2) is 0 Å². The molecule has 0 fully saturated rings. The molecular weight excluding hydrogens is 230 g/mol. The van der Waals surface area contributed by atoms with E-state index in [1.54, 1.807) is 0 Å². The van der Waals surface area contributed by atoms with Crippen LogP contribution in [0.2, 0.25) is 0 Å². The molecule has 1 aromatic carbocycles. The zero-order valence-corrected chi connectivity index (χ0v) is 11.3. The average molecular weight is 251 g/mol. The number of fused-ring (bicyclic) bond motifs is 1. The summed E-state index contributed by atoms with van der Waals surface area (Å²) < 4.78 is 0. The Morgan fingerprint density at radius 2 is 2.18 bits per heavy atom. The Balaban J connectivity index is 2.08. The molecule has 2 rings (SSSR count). The summed E-state index contributed by atoms with van der Waals surface area (Å²) >= 11 is 1.98. The number of nitrogens with one attached hydrogen (secondary N) is 1. The molecular formula is C14H21NOS. The molecule has 0 spiro atoms. The van der Waals surface area contributed by atoms with Crippen molar-refractivity contribution in [2.75, 3.05) is 12.4 Å². The molecule has 3 atom stereocenters. The molecule has 0 aromatic heterocycles. The number of aliphatic hydroxyl groups excluding tert-OH is 1. The van der Waals surface area contributed by atoms with Gasteiger partial charge in [0.05, 0.1) is 0 Å². The van der Waals surface area contributed by atoms with Crippen LogP contribution in [0, 0.1) is 5.92 Å². The maximum Gasteiger partial charge on any atom is 0.0471 e. The van der Waals surface area contributed by atoms with Crippen molar-refractivity contribution < 1.29 is 5.11 Å². The van der Waals surface area contributed by atoms with Gasteiger partial charge in [0, 0.05) is 30.2 Å². The number of thioether (sulfide) groups is 1. The van der Waals surface area contributed by atoms with E-state index in [0.717, 1.165) is 11.5 Å². The minimum atomic E-state index is 0.246. The first kappa shape index (κ1) is 12.9. The predicted octanol–water partition coefficient (Wildman–Crippen LogP) is 2.58. The normalized spacial score (nSPS) is 22.9. The third kappa shape index (κ3) is 3.03. The van der Waals surface area contributed by atoms with Gasteiger partial charge >= 0.3 is 0 Å². The van der Waals surface area contributed by atoms with Crippen molar-refractivity contribution in [3.05, 3.63) is 35.4 Å². The quantitative estimate of drug-likeness (QED) is 0.862. The van der Waals surface area contributed by atoms with Gasteiger partial charge in [0.15, 0.2) is 0 Å². The van der Waals surface area contributed by atoms with Gasteiger partial charge < -0.3 is 10.4 Å². The van der Waals surface area contributed by atoms with Crippen LogP contribution in [0.15, 0.2) is 24.3 Å². The Morgan fingerprint density at radius 3 is 2.94 bits per heavy atom. The first-order chi connectivity index (χ1) is 8.22. The highest BCUT2D eigenvalue weighted by atomic mass is 32.2. The topological polar surface area (TPSA) is 32.3 Å². The summed E-state index contributed by atoms with van der Waals surface area (Å²) in [4.78, 5) is 0. The summed E-state index contributed by atoms with van der Waals surface area (Å²) in [6.45, 7) is 4.48. The Bertz CT molecular complexity index is 369. The molecule has 3 heteroatoms. The fourth-order valence-electron chi connectivity index (χ4n) is 2.16. The molecule has 3 unspecified atom stereocenters. The molecule has 0 amide bonds. The highest BCUT2D eigenvalue weighted by molar-refractivity contribution is 7.98. The van der Waals surface area contributed by atoms with Crippen LogP contribution >= 0.6 is 11.8 Å². The third-order valence-electron chi connectivity index (χ3n) is 3.58. The Kier molecular flexibility index (Phi) is 4.48. The zero-order valence-electron chi connectivity index (χ0n) is 10.5. The van der Waals surface area contributed by atoms with Gasteiger partial charge in [-0.1, -0.05) is 31.2 Å². The van der Waals surface area contributed by atoms with E-state index >= 15 is 0 Å². The fraction of sp³-hybridized carbons (Fsp3) is 0.571. The first-order valence-corrected chi connectivity index (χ1v) is 7.40. The van der Waals surface area contributed by atoms with Crippen molar-refractivity contribution in [1.29, 1.82) is 0 Å². The molecule has 1 aromatic rings. The molecule has 1 aliphatic rings. The molecule has 0 saturated heterocycles. The highest BCUT2D eigenvalue weighted by Crippen LogP contribution is 2.31. The molecule has 0 radical (unpaired) electrons. The second kappa shape index (κ2) is 5.89. The van der Waals surface area contributed by atoms with Crippen LogP contribution in [0.3, 0.4) is 0 Å². The van der Waals surface area contributed by atoms with E-state index < -0.39 is 0 Å².